The number of methoxy groups -OCH3 is 1. The Labute approximate surface area is 124 Å². The van der Waals surface area contributed by atoms with Gasteiger partial charge in [0.25, 0.3) is 0 Å². The highest BCUT2D eigenvalue weighted by atomic mass is 16.5. The Kier molecular flexibility index (Phi) is 7.17. The Morgan fingerprint density at radius 1 is 1.29 bits per heavy atom. The second-order valence-electron chi connectivity index (χ2n) is 4.46. The van der Waals surface area contributed by atoms with E-state index in [-0.39, 0.29) is 19.1 Å². The third-order valence-electron chi connectivity index (χ3n) is 2.94. The van der Waals surface area contributed by atoms with Crippen LogP contribution < -0.4 is 0 Å². The molecule has 2 amide bonds. The zero-order valence-electron chi connectivity index (χ0n) is 12.4. The molecular formula is C14H21N3O4. The van der Waals surface area contributed by atoms with E-state index < -0.39 is 5.97 Å². The molecule has 0 aliphatic rings. The van der Waals surface area contributed by atoms with Crippen molar-refractivity contribution >= 4 is 12.0 Å². The summed E-state index contributed by atoms with van der Waals surface area (Å²) in [6, 6.07) is 3.34. The maximum absolute atomic E-state index is 12.4. The van der Waals surface area contributed by atoms with Gasteiger partial charge in [-0.2, -0.15) is 0 Å². The van der Waals surface area contributed by atoms with E-state index in [1.165, 1.54) is 12.0 Å². The molecule has 0 saturated carbocycles. The number of urea groups is 1. The fourth-order valence-electron chi connectivity index (χ4n) is 1.83. The van der Waals surface area contributed by atoms with Crippen LogP contribution in [0.4, 0.5) is 4.79 Å². The summed E-state index contributed by atoms with van der Waals surface area (Å²) >= 11 is 0. The third-order valence-corrected chi connectivity index (χ3v) is 2.94. The van der Waals surface area contributed by atoms with Crippen LogP contribution in [0.2, 0.25) is 0 Å². The average molecular weight is 295 g/mol. The maximum atomic E-state index is 12.4. The molecule has 7 heteroatoms. The first-order valence-electron chi connectivity index (χ1n) is 6.72. The molecule has 0 aliphatic heterocycles. The molecule has 0 atom stereocenters. The third kappa shape index (κ3) is 5.78. The Balaban J connectivity index is 2.75. The van der Waals surface area contributed by atoms with Gasteiger partial charge in [0.1, 0.15) is 6.54 Å². The van der Waals surface area contributed by atoms with Crippen LogP contribution in [0.5, 0.6) is 0 Å². The van der Waals surface area contributed by atoms with Crippen LogP contribution in [0, 0.1) is 0 Å². The number of carbonyl (C=O) groups excluding carboxylic acids is 1. The molecule has 0 fully saturated rings. The van der Waals surface area contributed by atoms with Crippen molar-refractivity contribution in [2.75, 3.05) is 33.4 Å². The number of rotatable bonds is 8. The van der Waals surface area contributed by atoms with E-state index in [4.69, 9.17) is 9.84 Å². The monoisotopic (exact) mass is 295 g/mol. The minimum atomic E-state index is -1.04. The molecule has 1 aromatic heterocycles. The zero-order chi connectivity index (χ0) is 15.7. The summed E-state index contributed by atoms with van der Waals surface area (Å²) in [5.74, 6) is -1.04. The summed E-state index contributed by atoms with van der Waals surface area (Å²) in [7, 11) is 1.51. The number of carbonyl (C=O) groups is 2. The molecule has 0 bridgehead atoms. The number of amides is 2. The standard InChI is InChI=1S/C14H21N3O4/c1-3-16(10-12-4-6-15-7-5-12)14(20)17(8-9-21-2)11-13(18)19/h4-7H,3,8-11H2,1-2H3,(H,18,19). The Morgan fingerprint density at radius 3 is 2.48 bits per heavy atom. The summed E-state index contributed by atoms with van der Waals surface area (Å²) in [5.41, 5.74) is 0.946. The van der Waals surface area contributed by atoms with E-state index in [1.54, 1.807) is 17.3 Å². The van der Waals surface area contributed by atoms with Crippen LogP contribution in [-0.2, 0) is 16.1 Å². The smallest absolute Gasteiger partial charge is 0.323 e. The van der Waals surface area contributed by atoms with E-state index >= 15 is 0 Å². The highest BCUT2D eigenvalue weighted by Crippen LogP contribution is 2.07. The van der Waals surface area contributed by atoms with Crippen molar-refractivity contribution in [3.05, 3.63) is 30.1 Å². The van der Waals surface area contributed by atoms with E-state index in [2.05, 4.69) is 4.98 Å². The van der Waals surface area contributed by atoms with Crippen LogP contribution in [0.15, 0.2) is 24.5 Å². The topological polar surface area (TPSA) is 83.0 Å². The van der Waals surface area contributed by atoms with Gasteiger partial charge in [0.05, 0.1) is 6.61 Å². The molecule has 0 aromatic carbocycles. The minimum absolute atomic E-state index is 0.245. The van der Waals surface area contributed by atoms with Gasteiger partial charge in [-0.3, -0.25) is 9.78 Å². The molecule has 0 aliphatic carbocycles. The number of aliphatic carboxylic acids is 1. The molecule has 116 valence electrons. The van der Waals surface area contributed by atoms with Gasteiger partial charge < -0.3 is 19.6 Å². The van der Waals surface area contributed by atoms with Crippen LogP contribution >= 0.6 is 0 Å². The molecule has 1 N–H and O–H groups in total. The van der Waals surface area contributed by atoms with Crippen molar-refractivity contribution in [3.8, 4) is 0 Å². The number of nitrogens with zero attached hydrogens (tertiary/aromatic N) is 3. The van der Waals surface area contributed by atoms with Gasteiger partial charge in [-0.05, 0) is 24.6 Å². The predicted octanol–water partition coefficient (Wildman–Crippen LogP) is 1.06. The lowest BCUT2D eigenvalue weighted by molar-refractivity contribution is -0.137. The molecular weight excluding hydrogens is 274 g/mol. The molecule has 1 rings (SSSR count). The highest BCUT2D eigenvalue weighted by Gasteiger charge is 2.21. The van der Waals surface area contributed by atoms with Crippen molar-refractivity contribution in [3.63, 3.8) is 0 Å². The van der Waals surface area contributed by atoms with E-state index in [0.717, 1.165) is 5.56 Å². The lowest BCUT2D eigenvalue weighted by atomic mass is 10.2. The number of carboxylic acid groups (broad SMARTS) is 1. The van der Waals surface area contributed by atoms with Gasteiger partial charge in [0.15, 0.2) is 0 Å². The zero-order valence-corrected chi connectivity index (χ0v) is 12.4. The van der Waals surface area contributed by atoms with Crippen molar-refractivity contribution in [1.82, 2.24) is 14.8 Å². The number of pyridine rings is 1. The van der Waals surface area contributed by atoms with Crippen molar-refractivity contribution in [2.24, 2.45) is 0 Å². The first-order chi connectivity index (χ1) is 10.1. The Hall–Kier alpha value is -2.15. The summed E-state index contributed by atoms with van der Waals surface area (Å²) in [6.45, 7) is 2.97. The molecule has 1 aromatic rings. The van der Waals surface area contributed by atoms with Crippen molar-refractivity contribution in [1.29, 1.82) is 0 Å². The first-order valence-corrected chi connectivity index (χ1v) is 6.72. The molecule has 0 radical (unpaired) electrons. The molecule has 0 unspecified atom stereocenters. The van der Waals surface area contributed by atoms with Gasteiger partial charge >= 0.3 is 12.0 Å². The van der Waals surface area contributed by atoms with Crippen molar-refractivity contribution in [2.45, 2.75) is 13.5 Å². The molecule has 7 nitrogen and oxygen atoms in total. The minimum Gasteiger partial charge on any atom is -0.480 e. The Morgan fingerprint density at radius 2 is 1.95 bits per heavy atom. The normalized spacial score (nSPS) is 10.2. The summed E-state index contributed by atoms with van der Waals surface area (Å²) in [4.78, 5) is 30.1. The van der Waals surface area contributed by atoms with Crippen molar-refractivity contribution < 1.29 is 19.4 Å². The van der Waals surface area contributed by atoms with Gasteiger partial charge in [-0.1, -0.05) is 0 Å². The quantitative estimate of drug-likeness (QED) is 0.775. The van der Waals surface area contributed by atoms with E-state index in [1.807, 2.05) is 19.1 Å². The predicted molar refractivity (Wildman–Crippen MR) is 76.8 cm³/mol. The molecule has 0 saturated heterocycles. The van der Waals surface area contributed by atoms with Gasteiger partial charge in [0.2, 0.25) is 0 Å². The maximum Gasteiger partial charge on any atom is 0.323 e. The van der Waals surface area contributed by atoms with Crippen LogP contribution in [0.3, 0.4) is 0 Å². The molecule has 0 spiro atoms. The highest BCUT2D eigenvalue weighted by molar-refractivity contribution is 5.80. The summed E-state index contributed by atoms with van der Waals surface area (Å²) in [6.07, 6.45) is 3.32. The second-order valence-corrected chi connectivity index (χ2v) is 4.46. The van der Waals surface area contributed by atoms with E-state index in [0.29, 0.717) is 19.7 Å². The summed E-state index contributed by atoms with van der Waals surface area (Å²) < 4.78 is 4.92. The van der Waals surface area contributed by atoms with Gasteiger partial charge in [-0.15, -0.1) is 0 Å². The molecule has 1 heterocycles. The van der Waals surface area contributed by atoms with Crippen LogP contribution in [0.25, 0.3) is 0 Å². The average Bonchev–Trinajstić information content (AvgIpc) is 2.49. The van der Waals surface area contributed by atoms with E-state index in [9.17, 15) is 9.59 Å². The molecule has 21 heavy (non-hydrogen) atoms. The fourth-order valence-corrected chi connectivity index (χ4v) is 1.83. The number of ether oxygens (including phenoxy) is 1. The van der Waals surface area contributed by atoms with Gasteiger partial charge in [0, 0.05) is 39.1 Å². The second kappa shape index (κ2) is 8.91. The fraction of sp³-hybridized carbons (Fsp3) is 0.500. The van der Waals surface area contributed by atoms with Crippen LogP contribution in [-0.4, -0.2) is 65.2 Å². The number of hydrogen-bond donors (Lipinski definition) is 1. The number of carboxylic acids is 1. The number of aromatic nitrogens is 1. The Bertz CT molecular complexity index is 453. The number of hydrogen-bond acceptors (Lipinski definition) is 4. The summed E-state index contributed by atoms with van der Waals surface area (Å²) in [5, 5.41) is 8.91. The SMILES string of the molecule is CCN(Cc1ccncc1)C(=O)N(CCOC)CC(=O)O. The largest absolute Gasteiger partial charge is 0.480 e. The van der Waals surface area contributed by atoms with Crippen LogP contribution in [0.1, 0.15) is 12.5 Å². The lowest BCUT2D eigenvalue weighted by Crippen LogP contribution is -2.46. The van der Waals surface area contributed by atoms with Gasteiger partial charge in [-0.25, -0.2) is 4.79 Å². The first kappa shape index (κ1) is 16.9. The lowest BCUT2D eigenvalue weighted by Gasteiger charge is -2.29.